The highest BCUT2D eigenvalue weighted by molar-refractivity contribution is 5.99. The number of halogens is 1. The predicted molar refractivity (Wildman–Crippen MR) is 108 cm³/mol. The van der Waals surface area contributed by atoms with Gasteiger partial charge in [-0.2, -0.15) is 0 Å². The number of ether oxygens (including phenoxy) is 1. The summed E-state index contributed by atoms with van der Waals surface area (Å²) in [4.78, 5) is 35.9. The van der Waals surface area contributed by atoms with Gasteiger partial charge in [-0.3, -0.25) is 14.4 Å². The molecule has 2 N–H and O–H groups in total. The first-order valence-electron chi connectivity index (χ1n) is 9.42. The van der Waals surface area contributed by atoms with E-state index < -0.39 is 0 Å². The van der Waals surface area contributed by atoms with E-state index in [1.54, 1.807) is 31.2 Å². The summed E-state index contributed by atoms with van der Waals surface area (Å²) < 4.78 is 18.5. The molecule has 1 atom stereocenters. The third-order valence-corrected chi connectivity index (χ3v) is 4.23. The molecule has 0 aliphatic rings. The van der Waals surface area contributed by atoms with Crippen molar-refractivity contribution in [2.75, 3.05) is 11.9 Å². The summed E-state index contributed by atoms with van der Waals surface area (Å²) in [5.74, 6) is -0.842. The second-order valence-corrected chi connectivity index (χ2v) is 6.69. The number of anilines is 1. The lowest BCUT2D eigenvalue weighted by atomic mass is 10.1. The molecule has 0 spiro atoms. The fourth-order valence-electron chi connectivity index (χ4n) is 2.72. The number of rotatable bonds is 9. The zero-order valence-electron chi connectivity index (χ0n) is 16.8. The Labute approximate surface area is 169 Å². The van der Waals surface area contributed by atoms with Crippen molar-refractivity contribution in [3.05, 3.63) is 59.4 Å². The van der Waals surface area contributed by atoms with Gasteiger partial charge >= 0.3 is 0 Å². The Morgan fingerprint density at radius 2 is 1.76 bits per heavy atom. The number of hydrogen-bond donors (Lipinski definition) is 2. The molecular formula is C22H25FN2O4. The Hall–Kier alpha value is -3.22. The van der Waals surface area contributed by atoms with Gasteiger partial charge in [-0.05, 0) is 56.2 Å². The minimum atomic E-state index is -0.378. The number of carbonyl (C=O) groups is 3. The molecule has 1 unspecified atom stereocenters. The van der Waals surface area contributed by atoms with Crippen molar-refractivity contribution in [3.8, 4) is 5.75 Å². The second kappa shape index (κ2) is 10.4. The summed E-state index contributed by atoms with van der Waals surface area (Å²) in [5.41, 5.74) is 1.53. The molecule has 6 nitrogen and oxygen atoms in total. The summed E-state index contributed by atoms with van der Waals surface area (Å²) in [7, 11) is 0. The molecule has 0 fully saturated rings. The number of amides is 2. The minimum absolute atomic E-state index is 0.134. The second-order valence-electron chi connectivity index (χ2n) is 6.69. The van der Waals surface area contributed by atoms with Gasteiger partial charge in [0.2, 0.25) is 5.91 Å². The minimum Gasteiger partial charge on any atom is -0.483 e. The average Bonchev–Trinajstić information content (AvgIpc) is 2.67. The highest BCUT2D eigenvalue weighted by Crippen LogP contribution is 2.24. The molecule has 0 radical (unpaired) electrons. The number of nitrogens with one attached hydrogen (secondary N) is 2. The lowest BCUT2D eigenvalue weighted by Gasteiger charge is -2.16. The van der Waals surface area contributed by atoms with Gasteiger partial charge in [0.15, 0.2) is 12.4 Å². The van der Waals surface area contributed by atoms with Gasteiger partial charge in [0.25, 0.3) is 5.91 Å². The lowest BCUT2D eigenvalue weighted by molar-refractivity contribution is -0.123. The smallest absolute Gasteiger partial charge is 0.258 e. The number of hydrogen-bond acceptors (Lipinski definition) is 4. The van der Waals surface area contributed by atoms with Crippen LogP contribution in [0.3, 0.4) is 0 Å². The van der Waals surface area contributed by atoms with Crippen LogP contribution in [0.25, 0.3) is 0 Å². The highest BCUT2D eigenvalue weighted by Gasteiger charge is 2.14. The molecular weight excluding hydrogens is 375 g/mol. The molecule has 0 aliphatic carbocycles. The molecule has 0 bridgehead atoms. The predicted octanol–water partition coefficient (Wildman–Crippen LogP) is 4.02. The normalized spacial score (nSPS) is 11.4. The third-order valence-electron chi connectivity index (χ3n) is 4.23. The molecule has 2 rings (SSSR count). The Morgan fingerprint density at radius 1 is 1.07 bits per heavy atom. The Bertz CT molecular complexity index is 881. The molecule has 29 heavy (non-hydrogen) atoms. The van der Waals surface area contributed by atoms with Crippen molar-refractivity contribution in [1.29, 1.82) is 0 Å². The molecule has 0 aromatic heterocycles. The largest absolute Gasteiger partial charge is 0.483 e. The van der Waals surface area contributed by atoms with Crippen LogP contribution in [0.5, 0.6) is 5.75 Å². The van der Waals surface area contributed by atoms with E-state index in [0.29, 0.717) is 12.1 Å². The molecule has 154 valence electrons. The molecule has 7 heteroatoms. The van der Waals surface area contributed by atoms with E-state index in [4.69, 9.17) is 4.74 Å². The molecule has 2 amide bonds. The van der Waals surface area contributed by atoms with Crippen LogP contribution >= 0.6 is 0 Å². The van der Waals surface area contributed by atoms with Crippen molar-refractivity contribution >= 4 is 23.3 Å². The zero-order chi connectivity index (χ0) is 21.4. The first-order chi connectivity index (χ1) is 13.8. The van der Waals surface area contributed by atoms with Crippen LogP contribution in [0.2, 0.25) is 0 Å². The van der Waals surface area contributed by atoms with Crippen LogP contribution in [0.1, 0.15) is 55.6 Å². The van der Waals surface area contributed by atoms with E-state index in [9.17, 15) is 18.8 Å². The maximum atomic E-state index is 13.0. The van der Waals surface area contributed by atoms with Gasteiger partial charge in [-0.25, -0.2) is 4.39 Å². The van der Waals surface area contributed by atoms with Crippen LogP contribution < -0.4 is 15.4 Å². The van der Waals surface area contributed by atoms with E-state index in [0.717, 1.165) is 12.0 Å². The van der Waals surface area contributed by atoms with E-state index in [-0.39, 0.29) is 47.4 Å². The quantitative estimate of drug-likeness (QED) is 0.623. The summed E-state index contributed by atoms with van der Waals surface area (Å²) in [6, 6.07) is 10.2. The maximum Gasteiger partial charge on any atom is 0.258 e. The topological polar surface area (TPSA) is 84.5 Å². The molecule has 2 aromatic carbocycles. The SMILES string of the molecule is CCCC(=O)Nc1ccc(OCC(=O)NC(C)c2ccc(F)cc2)c(C(C)=O)c1. The van der Waals surface area contributed by atoms with Gasteiger partial charge in [-0.15, -0.1) is 0 Å². The fourth-order valence-corrected chi connectivity index (χ4v) is 2.72. The summed E-state index contributed by atoms with van der Waals surface area (Å²) in [6.07, 6.45) is 1.11. The number of Topliss-reactive ketones (excluding diaryl/α,β-unsaturated/α-hetero) is 1. The fraction of sp³-hybridized carbons (Fsp3) is 0.318. The van der Waals surface area contributed by atoms with Crippen LogP contribution in [0.4, 0.5) is 10.1 Å². The Kier molecular flexibility index (Phi) is 7.88. The van der Waals surface area contributed by atoms with Crippen molar-refractivity contribution in [2.24, 2.45) is 0 Å². The van der Waals surface area contributed by atoms with E-state index in [1.165, 1.54) is 25.1 Å². The van der Waals surface area contributed by atoms with Crippen molar-refractivity contribution < 1.29 is 23.5 Å². The Morgan fingerprint density at radius 3 is 2.38 bits per heavy atom. The standard InChI is InChI=1S/C22H25FN2O4/c1-4-5-21(27)25-18-10-11-20(19(12-18)15(3)26)29-13-22(28)24-14(2)16-6-8-17(23)9-7-16/h6-12,14H,4-5,13H2,1-3H3,(H,24,28)(H,25,27). The summed E-state index contributed by atoms with van der Waals surface area (Å²) in [5, 5.41) is 5.48. The maximum absolute atomic E-state index is 13.0. The van der Waals surface area contributed by atoms with Crippen molar-refractivity contribution in [2.45, 2.75) is 39.7 Å². The molecule has 0 heterocycles. The molecule has 2 aromatic rings. The van der Waals surface area contributed by atoms with Crippen LogP contribution in [0.15, 0.2) is 42.5 Å². The Balaban J connectivity index is 1.99. The molecule has 0 aliphatic heterocycles. The van der Waals surface area contributed by atoms with Gasteiger partial charge in [-0.1, -0.05) is 19.1 Å². The lowest BCUT2D eigenvalue weighted by Crippen LogP contribution is -2.31. The molecule has 0 saturated carbocycles. The van der Waals surface area contributed by atoms with Gasteiger partial charge < -0.3 is 15.4 Å². The highest BCUT2D eigenvalue weighted by atomic mass is 19.1. The van der Waals surface area contributed by atoms with E-state index in [1.807, 2.05) is 6.92 Å². The van der Waals surface area contributed by atoms with Crippen molar-refractivity contribution in [3.63, 3.8) is 0 Å². The monoisotopic (exact) mass is 400 g/mol. The number of ketones is 1. The van der Waals surface area contributed by atoms with Crippen LogP contribution in [0, 0.1) is 5.82 Å². The van der Waals surface area contributed by atoms with Crippen LogP contribution in [-0.4, -0.2) is 24.2 Å². The van der Waals surface area contributed by atoms with Crippen molar-refractivity contribution in [1.82, 2.24) is 5.32 Å². The first kappa shape index (κ1) is 22.1. The third kappa shape index (κ3) is 6.71. The van der Waals surface area contributed by atoms with Gasteiger partial charge in [0.05, 0.1) is 11.6 Å². The first-order valence-corrected chi connectivity index (χ1v) is 9.42. The average molecular weight is 400 g/mol. The zero-order valence-corrected chi connectivity index (χ0v) is 16.8. The summed E-state index contributed by atoms with van der Waals surface area (Å²) in [6.45, 7) is 4.78. The number of benzene rings is 2. The van der Waals surface area contributed by atoms with Crippen LogP contribution in [-0.2, 0) is 9.59 Å². The van der Waals surface area contributed by atoms with Gasteiger partial charge in [0, 0.05) is 12.1 Å². The van der Waals surface area contributed by atoms with E-state index in [2.05, 4.69) is 10.6 Å². The van der Waals surface area contributed by atoms with Gasteiger partial charge in [0.1, 0.15) is 11.6 Å². The number of carbonyl (C=O) groups excluding carboxylic acids is 3. The van der Waals surface area contributed by atoms with E-state index >= 15 is 0 Å². The molecule has 0 saturated heterocycles. The summed E-state index contributed by atoms with van der Waals surface area (Å²) >= 11 is 0.